The molecule has 1 aliphatic heterocycles. The van der Waals surface area contributed by atoms with E-state index in [0.29, 0.717) is 42.1 Å². The first-order valence-corrected chi connectivity index (χ1v) is 11.8. The van der Waals surface area contributed by atoms with Gasteiger partial charge in [0.05, 0.1) is 6.26 Å². The molecule has 5 rings (SSSR count). The molecule has 11 nitrogen and oxygen atoms in total. The number of hydrogen-bond acceptors (Lipinski definition) is 10. The zero-order chi connectivity index (χ0) is 24.2. The summed E-state index contributed by atoms with van der Waals surface area (Å²) in [6, 6.07) is 13.8. The first kappa shape index (κ1) is 22.9. The van der Waals surface area contributed by atoms with E-state index >= 15 is 0 Å². The largest absolute Gasteiger partial charge is 0.492 e. The van der Waals surface area contributed by atoms with Crippen molar-refractivity contribution in [1.29, 1.82) is 0 Å². The lowest BCUT2D eigenvalue weighted by Gasteiger charge is -2.36. The molecule has 0 bridgehead atoms. The second kappa shape index (κ2) is 10.2. The zero-order valence-corrected chi connectivity index (χ0v) is 19.9. The third-order valence-corrected chi connectivity index (χ3v) is 6.16. The molecule has 4 aromatic rings. The quantitative estimate of drug-likeness (QED) is 0.367. The minimum atomic E-state index is 0.294. The van der Waals surface area contributed by atoms with E-state index in [1.807, 2.05) is 42.3 Å². The summed E-state index contributed by atoms with van der Waals surface area (Å²) in [4.78, 5) is 16.0. The van der Waals surface area contributed by atoms with E-state index in [1.165, 1.54) is 10.2 Å². The Labute approximate surface area is 203 Å². The maximum absolute atomic E-state index is 6.17. The monoisotopic (exact) mass is 477 g/mol. The van der Waals surface area contributed by atoms with Gasteiger partial charge in [-0.25, -0.2) is 0 Å². The molecule has 4 heterocycles. The van der Waals surface area contributed by atoms with E-state index in [9.17, 15) is 0 Å². The SMILES string of the molecule is CN(CCN1CCN(c2ccc(OCCN)cc2)CC1)c1nc(N)n2nc(-c3ccco3)cc2n1. The Morgan fingerprint density at radius 1 is 1.09 bits per heavy atom. The molecule has 184 valence electrons. The Morgan fingerprint density at radius 2 is 1.89 bits per heavy atom. The van der Waals surface area contributed by atoms with Gasteiger partial charge in [0.15, 0.2) is 11.4 Å². The number of furan rings is 1. The number of nitrogen functional groups attached to an aromatic ring is 1. The Morgan fingerprint density at radius 3 is 2.60 bits per heavy atom. The van der Waals surface area contributed by atoms with Crippen LogP contribution < -0.4 is 26.0 Å². The van der Waals surface area contributed by atoms with E-state index in [4.69, 9.17) is 20.6 Å². The van der Waals surface area contributed by atoms with Crippen LogP contribution in [-0.2, 0) is 0 Å². The van der Waals surface area contributed by atoms with E-state index < -0.39 is 0 Å². The number of ether oxygens (including phenoxy) is 1. The number of nitrogens with zero attached hydrogens (tertiary/aromatic N) is 7. The van der Waals surface area contributed by atoms with E-state index in [2.05, 4.69) is 37.0 Å². The van der Waals surface area contributed by atoms with Crippen molar-refractivity contribution in [3.63, 3.8) is 0 Å². The lowest BCUT2D eigenvalue weighted by molar-refractivity contribution is 0.263. The molecule has 1 fully saturated rings. The van der Waals surface area contributed by atoms with Crippen molar-refractivity contribution in [2.75, 3.05) is 75.0 Å². The van der Waals surface area contributed by atoms with Crippen molar-refractivity contribution in [2.45, 2.75) is 0 Å². The number of rotatable bonds is 9. The summed E-state index contributed by atoms with van der Waals surface area (Å²) < 4.78 is 12.5. The average Bonchev–Trinajstić information content (AvgIpc) is 3.57. The summed E-state index contributed by atoms with van der Waals surface area (Å²) in [6.07, 6.45) is 1.61. The molecule has 0 unspecified atom stereocenters. The highest BCUT2D eigenvalue weighted by Gasteiger charge is 2.19. The van der Waals surface area contributed by atoms with E-state index in [-0.39, 0.29) is 0 Å². The molecule has 0 atom stereocenters. The van der Waals surface area contributed by atoms with Gasteiger partial charge in [-0.2, -0.15) is 19.6 Å². The predicted octanol–water partition coefficient (Wildman–Crippen LogP) is 1.56. The topological polar surface area (TPSA) is 127 Å². The zero-order valence-electron chi connectivity index (χ0n) is 19.9. The highest BCUT2D eigenvalue weighted by atomic mass is 16.5. The second-order valence-corrected chi connectivity index (χ2v) is 8.54. The number of likely N-dealkylation sites (N-methyl/N-ethyl adjacent to an activating group) is 1. The van der Waals surface area contributed by atoms with Gasteiger partial charge < -0.3 is 30.4 Å². The molecule has 4 N–H and O–H groups in total. The van der Waals surface area contributed by atoms with Crippen molar-refractivity contribution in [2.24, 2.45) is 5.73 Å². The van der Waals surface area contributed by atoms with Crippen molar-refractivity contribution in [3.8, 4) is 17.2 Å². The van der Waals surface area contributed by atoms with Gasteiger partial charge in [0.25, 0.3) is 0 Å². The maximum atomic E-state index is 6.17. The molecule has 1 aliphatic rings. The van der Waals surface area contributed by atoms with Crippen LogP contribution in [0.4, 0.5) is 17.6 Å². The fourth-order valence-electron chi connectivity index (χ4n) is 4.16. The Balaban J connectivity index is 1.15. The third kappa shape index (κ3) is 5.15. The van der Waals surface area contributed by atoms with Gasteiger partial charge >= 0.3 is 0 Å². The minimum Gasteiger partial charge on any atom is -0.492 e. The number of aromatic nitrogens is 4. The molecule has 3 aromatic heterocycles. The Kier molecular flexibility index (Phi) is 6.68. The molecule has 11 heteroatoms. The fourth-order valence-corrected chi connectivity index (χ4v) is 4.16. The smallest absolute Gasteiger partial charge is 0.230 e. The maximum Gasteiger partial charge on any atom is 0.230 e. The molecule has 0 saturated carbocycles. The van der Waals surface area contributed by atoms with Crippen LogP contribution in [0.5, 0.6) is 5.75 Å². The lowest BCUT2D eigenvalue weighted by Crippen LogP contribution is -2.48. The summed E-state index contributed by atoms with van der Waals surface area (Å²) in [5.41, 5.74) is 14.2. The Hall–Kier alpha value is -3.83. The van der Waals surface area contributed by atoms with Crippen LogP contribution in [0, 0.1) is 0 Å². The number of piperazine rings is 1. The standard InChI is InChI=1S/C24H31N9O2/c1-30(24-27-22-17-20(21-3-2-15-35-21)29-33(22)23(26)28-24)9-10-31-11-13-32(14-12-31)18-4-6-19(7-5-18)34-16-8-25/h2-7,15,17H,8-14,16,25H2,1H3,(H2,26,27,28). The number of benzene rings is 1. The summed E-state index contributed by atoms with van der Waals surface area (Å²) in [7, 11) is 1.99. The van der Waals surface area contributed by atoms with Crippen LogP contribution in [0.15, 0.2) is 53.1 Å². The summed E-state index contributed by atoms with van der Waals surface area (Å²) in [6.45, 7) is 6.72. The molecule has 0 aliphatic carbocycles. The fraction of sp³-hybridized carbons (Fsp3) is 0.375. The molecule has 0 spiro atoms. The van der Waals surface area contributed by atoms with Crippen molar-refractivity contribution >= 4 is 23.2 Å². The summed E-state index contributed by atoms with van der Waals surface area (Å²) in [5.74, 6) is 2.40. The predicted molar refractivity (Wildman–Crippen MR) is 136 cm³/mol. The van der Waals surface area contributed by atoms with Crippen LogP contribution in [0.25, 0.3) is 17.1 Å². The molecule has 0 radical (unpaired) electrons. The summed E-state index contributed by atoms with van der Waals surface area (Å²) >= 11 is 0. The molecular formula is C24H31N9O2. The van der Waals surface area contributed by atoms with E-state index in [0.717, 1.165) is 45.0 Å². The normalized spacial score (nSPS) is 14.5. The molecule has 1 aromatic carbocycles. The highest BCUT2D eigenvalue weighted by Crippen LogP contribution is 2.23. The second-order valence-electron chi connectivity index (χ2n) is 8.54. The van der Waals surface area contributed by atoms with Gasteiger partial charge in [0.1, 0.15) is 18.1 Å². The van der Waals surface area contributed by atoms with Crippen molar-refractivity contribution in [1.82, 2.24) is 24.5 Å². The van der Waals surface area contributed by atoms with E-state index in [1.54, 1.807) is 6.26 Å². The third-order valence-electron chi connectivity index (χ3n) is 6.16. The first-order valence-electron chi connectivity index (χ1n) is 11.8. The van der Waals surface area contributed by atoms with Gasteiger partial charge in [-0.1, -0.05) is 0 Å². The van der Waals surface area contributed by atoms with Crippen molar-refractivity contribution in [3.05, 3.63) is 48.7 Å². The first-order chi connectivity index (χ1) is 17.1. The Bertz CT molecular complexity index is 1230. The molecule has 0 amide bonds. The molecule has 1 saturated heterocycles. The minimum absolute atomic E-state index is 0.294. The van der Waals surface area contributed by atoms with Crippen LogP contribution in [0.1, 0.15) is 0 Å². The highest BCUT2D eigenvalue weighted by molar-refractivity contribution is 5.61. The van der Waals surface area contributed by atoms with Crippen molar-refractivity contribution < 1.29 is 9.15 Å². The van der Waals surface area contributed by atoms with Crippen LogP contribution in [0.2, 0.25) is 0 Å². The molecule has 35 heavy (non-hydrogen) atoms. The van der Waals surface area contributed by atoms with Gasteiger partial charge in [0.2, 0.25) is 11.9 Å². The number of nitrogens with two attached hydrogens (primary N) is 2. The van der Waals surface area contributed by atoms with Gasteiger partial charge in [0, 0.05) is 64.6 Å². The van der Waals surface area contributed by atoms with Gasteiger partial charge in [-0.3, -0.25) is 4.90 Å². The van der Waals surface area contributed by atoms with Gasteiger partial charge in [-0.05, 0) is 36.4 Å². The average molecular weight is 478 g/mol. The molecular weight excluding hydrogens is 446 g/mol. The number of fused-ring (bicyclic) bond motifs is 1. The number of anilines is 3. The number of hydrogen-bond donors (Lipinski definition) is 2. The van der Waals surface area contributed by atoms with Crippen LogP contribution in [0.3, 0.4) is 0 Å². The van der Waals surface area contributed by atoms with Crippen LogP contribution in [-0.4, -0.2) is 83.9 Å². The summed E-state index contributed by atoms with van der Waals surface area (Å²) in [5, 5.41) is 4.45. The van der Waals surface area contributed by atoms with Crippen LogP contribution >= 0.6 is 0 Å². The van der Waals surface area contributed by atoms with Gasteiger partial charge in [-0.15, -0.1) is 0 Å². The lowest BCUT2D eigenvalue weighted by atomic mass is 10.2.